The van der Waals surface area contributed by atoms with E-state index in [2.05, 4.69) is 35.0 Å². The quantitative estimate of drug-likeness (QED) is 0.311. The number of thiazole rings is 1. The molecule has 3 aromatic carbocycles. The van der Waals surface area contributed by atoms with Crippen molar-refractivity contribution in [2.75, 3.05) is 6.61 Å². The summed E-state index contributed by atoms with van der Waals surface area (Å²) in [6, 6.07) is 26.3. The summed E-state index contributed by atoms with van der Waals surface area (Å²) < 4.78 is 5.69. The number of carbonyl (C=O) groups excluding carboxylic acids is 1. The molecule has 1 amide bonds. The molecular formula is C27H26N2O2S. The first-order valence-corrected chi connectivity index (χ1v) is 11.6. The molecule has 0 aliphatic carbocycles. The van der Waals surface area contributed by atoms with Crippen LogP contribution < -0.4 is 10.1 Å². The van der Waals surface area contributed by atoms with Crippen LogP contribution in [0.4, 0.5) is 0 Å². The molecular weight excluding hydrogens is 416 g/mol. The number of aromatic nitrogens is 1. The molecule has 1 aromatic heterocycles. The van der Waals surface area contributed by atoms with Gasteiger partial charge < -0.3 is 10.1 Å². The van der Waals surface area contributed by atoms with Gasteiger partial charge in [-0.15, -0.1) is 11.3 Å². The molecule has 32 heavy (non-hydrogen) atoms. The van der Waals surface area contributed by atoms with Crippen molar-refractivity contribution in [3.8, 4) is 27.6 Å². The number of benzene rings is 3. The number of carbonyl (C=O) groups is 1. The Morgan fingerprint density at radius 2 is 1.75 bits per heavy atom. The number of nitrogens with one attached hydrogen (secondary N) is 1. The SMILES string of the molecule is Cc1ccc(OCCCC(=O)NCc2cccc(-c3nc(-c4ccccc4)cs3)c2)cc1. The second kappa shape index (κ2) is 10.7. The first-order chi connectivity index (χ1) is 15.7. The molecule has 4 nitrogen and oxygen atoms in total. The average molecular weight is 443 g/mol. The minimum Gasteiger partial charge on any atom is -0.494 e. The third kappa shape index (κ3) is 6.05. The van der Waals surface area contributed by atoms with Crippen LogP contribution >= 0.6 is 11.3 Å². The molecule has 0 aliphatic heterocycles. The Morgan fingerprint density at radius 1 is 0.969 bits per heavy atom. The van der Waals surface area contributed by atoms with Gasteiger partial charge in [0.15, 0.2) is 0 Å². The zero-order chi connectivity index (χ0) is 22.2. The zero-order valence-electron chi connectivity index (χ0n) is 18.1. The molecule has 0 aliphatic rings. The highest BCUT2D eigenvalue weighted by Crippen LogP contribution is 2.29. The molecule has 1 heterocycles. The molecule has 0 spiro atoms. The minimum atomic E-state index is 0.0310. The molecule has 0 saturated carbocycles. The van der Waals surface area contributed by atoms with Crippen LogP contribution in [0, 0.1) is 6.92 Å². The lowest BCUT2D eigenvalue weighted by Crippen LogP contribution is -2.23. The van der Waals surface area contributed by atoms with Gasteiger partial charge in [-0.3, -0.25) is 4.79 Å². The highest BCUT2D eigenvalue weighted by molar-refractivity contribution is 7.13. The Morgan fingerprint density at radius 3 is 2.56 bits per heavy atom. The lowest BCUT2D eigenvalue weighted by Gasteiger charge is -2.08. The van der Waals surface area contributed by atoms with Gasteiger partial charge >= 0.3 is 0 Å². The van der Waals surface area contributed by atoms with Gasteiger partial charge in [0.25, 0.3) is 0 Å². The maximum absolute atomic E-state index is 12.2. The number of aryl methyl sites for hydroxylation is 1. The fourth-order valence-corrected chi connectivity index (χ4v) is 4.13. The van der Waals surface area contributed by atoms with Gasteiger partial charge in [-0.2, -0.15) is 0 Å². The molecule has 4 rings (SSSR count). The summed E-state index contributed by atoms with van der Waals surface area (Å²) >= 11 is 1.63. The number of nitrogens with zero attached hydrogens (tertiary/aromatic N) is 1. The second-order valence-corrected chi connectivity index (χ2v) is 8.50. The van der Waals surface area contributed by atoms with Crippen LogP contribution in [0.2, 0.25) is 0 Å². The number of ether oxygens (including phenoxy) is 1. The maximum atomic E-state index is 12.2. The zero-order valence-corrected chi connectivity index (χ0v) is 18.9. The van der Waals surface area contributed by atoms with E-state index in [1.165, 1.54) is 5.56 Å². The summed E-state index contributed by atoms with van der Waals surface area (Å²) in [4.78, 5) is 17.0. The fraction of sp³-hybridized carbons (Fsp3) is 0.185. The van der Waals surface area contributed by atoms with E-state index in [4.69, 9.17) is 9.72 Å². The smallest absolute Gasteiger partial charge is 0.220 e. The number of hydrogen-bond acceptors (Lipinski definition) is 4. The van der Waals surface area contributed by atoms with E-state index in [1.54, 1.807) is 11.3 Å². The summed E-state index contributed by atoms with van der Waals surface area (Å²) in [7, 11) is 0. The molecule has 0 radical (unpaired) electrons. The van der Waals surface area contributed by atoms with Crippen molar-refractivity contribution in [3.05, 3.63) is 95.4 Å². The molecule has 4 aromatic rings. The first kappa shape index (κ1) is 21.8. The van der Waals surface area contributed by atoms with Gasteiger partial charge in [-0.25, -0.2) is 4.98 Å². The van der Waals surface area contributed by atoms with Crippen LogP contribution in [0.5, 0.6) is 5.75 Å². The van der Waals surface area contributed by atoms with Crippen molar-refractivity contribution >= 4 is 17.2 Å². The van der Waals surface area contributed by atoms with Crippen LogP contribution in [-0.2, 0) is 11.3 Å². The van der Waals surface area contributed by atoms with Crippen LogP contribution in [0.15, 0.2) is 84.2 Å². The molecule has 5 heteroatoms. The van der Waals surface area contributed by atoms with Gasteiger partial charge in [0.1, 0.15) is 10.8 Å². The second-order valence-electron chi connectivity index (χ2n) is 7.65. The van der Waals surface area contributed by atoms with Gasteiger partial charge in [-0.05, 0) is 37.1 Å². The number of rotatable bonds is 9. The Kier molecular flexibility index (Phi) is 7.31. The van der Waals surface area contributed by atoms with Crippen molar-refractivity contribution in [1.82, 2.24) is 10.3 Å². The molecule has 0 bridgehead atoms. The Balaban J connectivity index is 1.25. The van der Waals surface area contributed by atoms with Crippen LogP contribution in [0.25, 0.3) is 21.8 Å². The van der Waals surface area contributed by atoms with Gasteiger partial charge in [-0.1, -0.05) is 66.2 Å². The van der Waals surface area contributed by atoms with Crippen LogP contribution in [0.1, 0.15) is 24.0 Å². The van der Waals surface area contributed by atoms with E-state index in [0.29, 0.717) is 26.0 Å². The molecule has 0 fully saturated rings. The topological polar surface area (TPSA) is 51.2 Å². The molecule has 0 unspecified atom stereocenters. The van der Waals surface area contributed by atoms with E-state index < -0.39 is 0 Å². The predicted octanol–water partition coefficient (Wildman–Crippen LogP) is 6.26. The normalized spacial score (nSPS) is 10.7. The Hall–Kier alpha value is -3.44. The number of hydrogen-bond donors (Lipinski definition) is 1. The van der Waals surface area contributed by atoms with E-state index in [9.17, 15) is 4.79 Å². The highest BCUT2D eigenvalue weighted by atomic mass is 32.1. The third-order valence-corrected chi connectivity index (χ3v) is 5.97. The highest BCUT2D eigenvalue weighted by Gasteiger charge is 2.08. The molecule has 162 valence electrons. The van der Waals surface area contributed by atoms with Crippen molar-refractivity contribution < 1.29 is 9.53 Å². The average Bonchev–Trinajstić information content (AvgIpc) is 3.33. The number of amides is 1. The summed E-state index contributed by atoms with van der Waals surface area (Å²) in [5.74, 6) is 0.869. The lowest BCUT2D eigenvalue weighted by atomic mass is 10.1. The Bertz CT molecular complexity index is 1150. The van der Waals surface area contributed by atoms with Crippen molar-refractivity contribution in [2.24, 2.45) is 0 Å². The summed E-state index contributed by atoms with van der Waals surface area (Å²) in [5.41, 5.74) is 5.42. The van der Waals surface area contributed by atoms with Crippen LogP contribution in [0.3, 0.4) is 0 Å². The van der Waals surface area contributed by atoms with E-state index in [-0.39, 0.29) is 5.91 Å². The van der Waals surface area contributed by atoms with E-state index in [1.807, 2.05) is 61.5 Å². The monoisotopic (exact) mass is 442 g/mol. The van der Waals surface area contributed by atoms with Crippen LogP contribution in [-0.4, -0.2) is 17.5 Å². The summed E-state index contributed by atoms with van der Waals surface area (Å²) in [6.07, 6.45) is 1.12. The predicted molar refractivity (Wildman–Crippen MR) is 131 cm³/mol. The lowest BCUT2D eigenvalue weighted by molar-refractivity contribution is -0.121. The van der Waals surface area contributed by atoms with Gasteiger partial charge in [0.2, 0.25) is 5.91 Å². The molecule has 1 N–H and O–H groups in total. The van der Waals surface area contributed by atoms with E-state index in [0.717, 1.165) is 33.1 Å². The molecule has 0 atom stereocenters. The van der Waals surface area contributed by atoms with Crippen molar-refractivity contribution in [3.63, 3.8) is 0 Å². The largest absolute Gasteiger partial charge is 0.494 e. The van der Waals surface area contributed by atoms with Gasteiger partial charge in [0, 0.05) is 29.5 Å². The van der Waals surface area contributed by atoms with Crippen molar-refractivity contribution in [2.45, 2.75) is 26.3 Å². The van der Waals surface area contributed by atoms with Crippen molar-refractivity contribution in [1.29, 1.82) is 0 Å². The maximum Gasteiger partial charge on any atom is 0.220 e. The standard InChI is InChI=1S/C27H26N2O2S/c1-20-12-14-24(15-13-20)31-16-6-11-26(30)28-18-21-7-5-10-23(17-21)27-29-25(19-32-27)22-8-3-2-4-9-22/h2-5,7-10,12-15,17,19H,6,11,16,18H2,1H3,(H,28,30). The third-order valence-electron chi connectivity index (χ3n) is 5.08. The fourth-order valence-electron chi connectivity index (χ4n) is 3.31. The minimum absolute atomic E-state index is 0.0310. The molecule has 0 saturated heterocycles. The summed E-state index contributed by atoms with van der Waals surface area (Å²) in [6.45, 7) is 3.07. The Labute approximate surface area is 192 Å². The van der Waals surface area contributed by atoms with E-state index >= 15 is 0 Å². The van der Waals surface area contributed by atoms with Gasteiger partial charge in [0.05, 0.1) is 12.3 Å². The first-order valence-electron chi connectivity index (χ1n) is 10.7. The summed E-state index contributed by atoms with van der Waals surface area (Å²) in [5, 5.41) is 6.06.